The summed E-state index contributed by atoms with van der Waals surface area (Å²) >= 11 is 0. The number of ether oxygens (including phenoxy) is 2. The third-order valence-electron chi connectivity index (χ3n) is 4.81. The average Bonchev–Trinajstić information content (AvgIpc) is 3.00. The van der Waals surface area contributed by atoms with Crippen molar-refractivity contribution >= 4 is 0 Å². The maximum absolute atomic E-state index is 5.91. The summed E-state index contributed by atoms with van der Waals surface area (Å²) in [5.41, 5.74) is 2.77. The zero-order valence-electron chi connectivity index (χ0n) is 13.2. The van der Waals surface area contributed by atoms with Crippen molar-refractivity contribution in [2.75, 3.05) is 19.8 Å². The van der Waals surface area contributed by atoms with Gasteiger partial charge in [0.15, 0.2) is 0 Å². The number of fused-ring (bicyclic) bond motifs is 1. The third kappa shape index (κ3) is 3.09. The monoisotopic (exact) mass is 289 g/mol. The lowest BCUT2D eigenvalue weighted by molar-refractivity contribution is 0.0775. The lowest BCUT2D eigenvalue weighted by Crippen LogP contribution is -2.33. The molecule has 1 N–H and O–H groups in total. The first-order valence-electron chi connectivity index (χ1n) is 8.44. The van der Waals surface area contributed by atoms with E-state index in [2.05, 4.69) is 37.4 Å². The van der Waals surface area contributed by atoms with Gasteiger partial charge in [-0.05, 0) is 49.4 Å². The maximum Gasteiger partial charge on any atom is 0.122 e. The zero-order chi connectivity index (χ0) is 14.7. The van der Waals surface area contributed by atoms with Crippen LogP contribution in [0.2, 0.25) is 0 Å². The zero-order valence-corrected chi connectivity index (χ0v) is 13.2. The summed E-state index contributed by atoms with van der Waals surface area (Å²) in [5.74, 6) is 1.66. The van der Waals surface area contributed by atoms with Crippen LogP contribution < -0.4 is 10.1 Å². The SMILES string of the molecule is CCNC(c1ccc2c(c1)CCCO2)C1CCOC1CC. The summed E-state index contributed by atoms with van der Waals surface area (Å²) in [6.07, 6.45) is 4.92. The van der Waals surface area contributed by atoms with Crippen LogP contribution in [0, 0.1) is 5.92 Å². The molecule has 3 heteroatoms. The van der Waals surface area contributed by atoms with Crippen molar-refractivity contribution in [3.05, 3.63) is 29.3 Å². The second kappa shape index (κ2) is 6.80. The first-order valence-corrected chi connectivity index (χ1v) is 8.44. The van der Waals surface area contributed by atoms with Crippen molar-refractivity contribution in [2.45, 2.75) is 51.7 Å². The van der Waals surface area contributed by atoms with Gasteiger partial charge in [-0.1, -0.05) is 26.0 Å². The molecule has 1 fully saturated rings. The molecule has 2 aliphatic rings. The molecule has 0 amide bonds. The predicted octanol–water partition coefficient (Wildman–Crippen LogP) is 3.48. The van der Waals surface area contributed by atoms with Gasteiger partial charge in [0.1, 0.15) is 5.75 Å². The highest BCUT2D eigenvalue weighted by Gasteiger charge is 2.34. The van der Waals surface area contributed by atoms with Crippen molar-refractivity contribution in [3.63, 3.8) is 0 Å². The Balaban J connectivity index is 1.86. The predicted molar refractivity (Wildman–Crippen MR) is 84.8 cm³/mol. The molecule has 21 heavy (non-hydrogen) atoms. The van der Waals surface area contributed by atoms with Gasteiger partial charge in [0.25, 0.3) is 0 Å². The van der Waals surface area contributed by atoms with E-state index in [1.165, 1.54) is 11.1 Å². The number of hydrogen-bond acceptors (Lipinski definition) is 3. The summed E-state index contributed by atoms with van der Waals surface area (Å²) in [6, 6.07) is 7.15. The summed E-state index contributed by atoms with van der Waals surface area (Å²) in [7, 11) is 0. The van der Waals surface area contributed by atoms with Crippen LogP contribution in [-0.4, -0.2) is 25.9 Å². The number of rotatable bonds is 5. The van der Waals surface area contributed by atoms with Crippen LogP contribution >= 0.6 is 0 Å². The number of benzene rings is 1. The van der Waals surface area contributed by atoms with E-state index in [4.69, 9.17) is 9.47 Å². The molecule has 0 aromatic heterocycles. The van der Waals surface area contributed by atoms with Gasteiger partial charge in [0, 0.05) is 18.6 Å². The van der Waals surface area contributed by atoms with Crippen molar-refractivity contribution in [2.24, 2.45) is 5.92 Å². The Bertz CT molecular complexity index is 474. The molecule has 0 aliphatic carbocycles. The van der Waals surface area contributed by atoms with E-state index >= 15 is 0 Å². The molecule has 3 rings (SSSR count). The van der Waals surface area contributed by atoms with Gasteiger partial charge in [-0.3, -0.25) is 0 Å². The van der Waals surface area contributed by atoms with E-state index in [0.717, 1.165) is 51.2 Å². The molecule has 3 atom stereocenters. The lowest BCUT2D eigenvalue weighted by Gasteiger charge is -2.29. The molecule has 2 heterocycles. The molecule has 3 nitrogen and oxygen atoms in total. The number of hydrogen-bond donors (Lipinski definition) is 1. The van der Waals surface area contributed by atoms with Crippen molar-refractivity contribution in [1.29, 1.82) is 0 Å². The Hall–Kier alpha value is -1.06. The Morgan fingerprint density at radius 1 is 1.29 bits per heavy atom. The lowest BCUT2D eigenvalue weighted by atomic mass is 9.85. The van der Waals surface area contributed by atoms with Crippen LogP contribution in [0.5, 0.6) is 5.75 Å². The summed E-state index contributed by atoms with van der Waals surface area (Å²) in [6.45, 7) is 7.17. The Labute approximate surface area is 128 Å². The second-order valence-corrected chi connectivity index (χ2v) is 6.12. The van der Waals surface area contributed by atoms with Gasteiger partial charge < -0.3 is 14.8 Å². The van der Waals surface area contributed by atoms with E-state index in [9.17, 15) is 0 Å². The molecule has 0 spiro atoms. The Morgan fingerprint density at radius 2 is 2.19 bits per heavy atom. The fourth-order valence-corrected chi connectivity index (χ4v) is 3.78. The van der Waals surface area contributed by atoms with Gasteiger partial charge in [-0.25, -0.2) is 0 Å². The molecular formula is C18H27NO2. The van der Waals surface area contributed by atoms with Gasteiger partial charge in [-0.2, -0.15) is 0 Å². The van der Waals surface area contributed by atoms with Gasteiger partial charge in [0.05, 0.1) is 12.7 Å². The van der Waals surface area contributed by atoms with E-state index in [0.29, 0.717) is 18.1 Å². The minimum atomic E-state index is 0.390. The first-order chi connectivity index (χ1) is 10.3. The minimum absolute atomic E-state index is 0.390. The van der Waals surface area contributed by atoms with Crippen molar-refractivity contribution in [1.82, 2.24) is 5.32 Å². The minimum Gasteiger partial charge on any atom is -0.493 e. The quantitative estimate of drug-likeness (QED) is 0.900. The Kier molecular flexibility index (Phi) is 4.81. The molecule has 1 aromatic carbocycles. The van der Waals surface area contributed by atoms with Gasteiger partial charge in [0.2, 0.25) is 0 Å². The smallest absolute Gasteiger partial charge is 0.122 e. The van der Waals surface area contributed by atoms with E-state index in [1.807, 2.05) is 0 Å². The van der Waals surface area contributed by atoms with Crippen LogP contribution in [0.1, 0.15) is 50.3 Å². The highest BCUT2D eigenvalue weighted by Crippen LogP contribution is 2.37. The van der Waals surface area contributed by atoms with E-state index in [-0.39, 0.29) is 0 Å². The molecule has 1 aromatic rings. The molecule has 0 bridgehead atoms. The molecule has 1 saturated heterocycles. The van der Waals surface area contributed by atoms with E-state index < -0.39 is 0 Å². The highest BCUT2D eigenvalue weighted by atomic mass is 16.5. The standard InChI is InChI=1S/C18H27NO2/c1-3-16-15(9-11-21-16)18(19-4-2)14-7-8-17-13(12-14)6-5-10-20-17/h7-8,12,15-16,18-19H,3-6,9-11H2,1-2H3. The summed E-state index contributed by atoms with van der Waals surface area (Å²) in [4.78, 5) is 0. The van der Waals surface area contributed by atoms with Crippen molar-refractivity contribution in [3.8, 4) is 5.75 Å². The average molecular weight is 289 g/mol. The van der Waals surface area contributed by atoms with Crippen molar-refractivity contribution < 1.29 is 9.47 Å². The highest BCUT2D eigenvalue weighted by molar-refractivity contribution is 5.40. The Morgan fingerprint density at radius 3 is 3.00 bits per heavy atom. The van der Waals surface area contributed by atoms with Crippen LogP contribution in [0.3, 0.4) is 0 Å². The van der Waals surface area contributed by atoms with Crippen LogP contribution in [0.15, 0.2) is 18.2 Å². The fraction of sp³-hybridized carbons (Fsp3) is 0.667. The molecular weight excluding hydrogens is 262 g/mol. The maximum atomic E-state index is 5.91. The first kappa shape index (κ1) is 14.9. The molecule has 0 radical (unpaired) electrons. The van der Waals surface area contributed by atoms with Crippen LogP contribution in [0.25, 0.3) is 0 Å². The normalized spacial score (nSPS) is 26.2. The molecule has 2 aliphatic heterocycles. The van der Waals surface area contributed by atoms with Crippen LogP contribution in [0.4, 0.5) is 0 Å². The second-order valence-electron chi connectivity index (χ2n) is 6.12. The van der Waals surface area contributed by atoms with Crippen LogP contribution in [-0.2, 0) is 11.2 Å². The summed E-state index contributed by atoms with van der Waals surface area (Å²) in [5, 5.41) is 3.69. The topological polar surface area (TPSA) is 30.5 Å². The van der Waals surface area contributed by atoms with E-state index in [1.54, 1.807) is 0 Å². The van der Waals surface area contributed by atoms with Gasteiger partial charge in [-0.15, -0.1) is 0 Å². The summed E-state index contributed by atoms with van der Waals surface area (Å²) < 4.78 is 11.7. The molecule has 116 valence electrons. The third-order valence-corrected chi connectivity index (χ3v) is 4.81. The number of nitrogens with one attached hydrogen (secondary N) is 1. The molecule has 3 unspecified atom stereocenters. The van der Waals surface area contributed by atoms with Gasteiger partial charge >= 0.3 is 0 Å². The largest absolute Gasteiger partial charge is 0.493 e. The molecule has 0 saturated carbocycles. The number of aryl methyl sites for hydroxylation is 1. The fourth-order valence-electron chi connectivity index (χ4n) is 3.78.